The lowest BCUT2D eigenvalue weighted by Gasteiger charge is -2.30. The quantitative estimate of drug-likeness (QED) is 0.177. The van der Waals surface area contributed by atoms with Gasteiger partial charge in [0.05, 0.1) is 29.6 Å². The average molecular weight is 678 g/mol. The molecule has 3 amide bonds. The summed E-state index contributed by atoms with van der Waals surface area (Å²) in [6, 6.07) is 19.2. The molecule has 2 heterocycles. The number of amides is 3. The number of rotatable bonds is 18. The summed E-state index contributed by atoms with van der Waals surface area (Å²) in [5.74, 6) is 0.0463. The van der Waals surface area contributed by atoms with Gasteiger partial charge in [-0.25, -0.2) is 9.59 Å². The third-order valence-electron chi connectivity index (χ3n) is 8.88. The summed E-state index contributed by atoms with van der Waals surface area (Å²) in [6.07, 6.45) is 4.82. The molecule has 1 fully saturated rings. The molecule has 260 valence electrons. The number of nitrogens with zero attached hydrogens (tertiary/aromatic N) is 3. The molecule has 2 N–H and O–H groups in total. The van der Waals surface area contributed by atoms with Crippen molar-refractivity contribution >= 4 is 29.2 Å². The number of aromatic nitrogens is 1. The highest BCUT2D eigenvalue weighted by Gasteiger charge is 2.28. The molecule has 1 aliphatic heterocycles. The van der Waals surface area contributed by atoms with Crippen molar-refractivity contribution in [1.82, 2.24) is 25.4 Å². The van der Waals surface area contributed by atoms with Gasteiger partial charge in [-0.3, -0.25) is 14.7 Å². The zero-order chi connectivity index (χ0) is 34.1. The second-order valence-corrected chi connectivity index (χ2v) is 13.8. The van der Waals surface area contributed by atoms with Gasteiger partial charge in [0.15, 0.2) is 5.78 Å². The topological polar surface area (TPSA) is 113 Å². The van der Waals surface area contributed by atoms with Gasteiger partial charge in [0.25, 0.3) is 0 Å². The van der Waals surface area contributed by atoms with Gasteiger partial charge in [-0.05, 0) is 63.0 Å². The minimum absolute atomic E-state index is 0.00791. The summed E-state index contributed by atoms with van der Waals surface area (Å²) in [6.45, 7) is 7.78. The first-order valence-corrected chi connectivity index (χ1v) is 17.9. The third kappa shape index (κ3) is 13.0. The number of morpholine rings is 1. The van der Waals surface area contributed by atoms with E-state index in [0.717, 1.165) is 35.5 Å². The lowest BCUT2D eigenvalue weighted by Crippen LogP contribution is -2.50. The number of carbonyl (C=O) groups excluding carboxylic acids is 3. The Labute approximate surface area is 289 Å². The van der Waals surface area contributed by atoms with Gasteiger partial charge in [-0.1, -0.05) is 60.7 Å². The molecule has 0 saturated carbocycles. The summed E-state index contributed by atoms with van der Waals surface area (Å²) in [5, 5.41) is 6.15. The van der Waals surface area contributed by atoms with Gasteiger partial charge >= 0.3 is 12.1 Å². The maximum atomic E-state index is 14.1. The monoisotopic (exact) mass is 677 g/mol. The second-order valence-electron chi connectivity index (χ2n) is 12.8. The highest BCUT2D eigenvalue weighted by Crippen LogP contribution is 2.22. The molecular formula is C37H51N5O5S. The van der Waals surface area contributed by atoms with Crippen LogP contribution in [0.15, 0.2) is 72.4 Å². The van der Waals surface area contributed by atoms with Gasteiger partial charge in [-0.2, -0.15) is 0 Å². The molecule has 3 atom stereocenters. The Bertz CT molecular complexity index is 1370. The number of thiazole rings is 1. The smallest absolute Gasteiger partial charge is 0.407 e. The van der Waals surface area contributed by atoms with Crippen molar-refractivity contribution < 1.29 is 23.9 Å². The van der Waals surface area contributed by atoms with Crippen LogP contribution in [0.5, 0.6) is 0 Å². The fourth-order valence-electron chi connectivity index (χ4n) is 5.81. The fraction of sp³-hybridized carbons (Fsp3) is 0.514. The Morgan fingerprint density at radius 1 is 0.938 bits per heavy atom. The maximum Gasteiger partial charge on any atom is 0.407 e. The zero-order valence-electron chi connectivity index (χ0n) is 28.5. The van der Waals surface area contributed by atoms with E-state index >= 15 is 0 Å². The molecule has 3 aromatic rings. The number of benzene rings is 2. The molecule has 0 aliphatic carbocycles. The van der Waals surface area contributed by atoms with Crippen LogP contribution in [0.1, 0.15) is 55.5 Å². The Morgan fingerprint density at radius 2 is 1.60 bits per heavy atom. The molecule has 11 heteroatoms. The molecule has 10 nitrogen and oxygen atoms in total. The molecule has 0 bridgehead atoms. The molecule has 4 rings (SSSR count). The molecular weight excluding hydrogens is 627 g/mol. The van der Waals surface area contributed by atoms with E-state index in [9.17, 15) is 14.4 Å². The largest absolute Gasteiger partial charge is 0.444 e. The molecule has 0 radical (unpaired) electrons. The highest BCUT2D eigenvalue weighted by molar-refractivity contribution is 7.09. The number of nitrogens with one attached hydrogen (secondary N) is 2. The van der Waals surface area contributed by atoms with Crippen LogP contribution in [-0.2, 0) is 33.7 Å². The Kier molecular flexibility index (Phi) is 15.3. The molecule has 3 unspecified atom stereocenters. The summed E-state index contributed by atoms with van der Waals surface area (Å²) >= 11 is 1.44. The maximum absolute atomic E-state index is 14.1. The van der Waals surface area contributed by atoms with E-state index in [4.69, 9.17) is 9.47 Å². The number of carbonyl (C=O) groups is 3. The first kappa shape index (κ1) is 37.0. The molecule has 1 aromatic heterocycles. The van der Waals surface area contributed by atoms with E-state index in [-0.39, 0.29) is 36.4 Å². The molecule has 2 aromatic carbocycles. The van der Waals surface area contributed by atoms with Crippen molar-refractivity contribution in [3.8, 4) is 0 Å². The van der Waals surface area contributed by atoms with Crippen LogP contribution in [0, 0.1) is 5.92 Å². The first-order chi connectivity index (χ1) is 23.3. The van der Waals surface area contributed by atoms with Gasteiger partial charge in [0, 0.05) is 51.4 Å². The summed E-state index contributed by atoms with van der Waals surface area (Å²) in [7, 11) is 1.75. The van der Waals surface area contributed by atoms with Crippen LogP contribution in [0.2, 0.25) is 0 Å². The summed E-state index contributed by atoms with van der Waals surface area (Å²) in [5.41, 5.74) is 3.98. The van der Waals surface area contributed by atoms with Crippen LogP contribution >= 0.6 is 11.3 Å². The Morgan fingerprint density at radius 3 is 2.23 bits per heavy atom. The molecule has 1 aliphatic rings. The van der Waals surface area contributed by atoms with Crippen molar-refractivity contribution in [1.29, 1.82) is 0 Å². The van der Waals surface area contributed by atoms with Crippen LogP contribution in [0.25, 0.3) is 0 Å². The normalized spacial score (nSPS) is 15.3. The number of alkyl carbamates (subject to hydrolysis) is 1. The predicted octanol–water partition coefficient (Wildman–Crippen LogP) is 5.72. The number of urea groups is 1. The minimum atomic E-state index is -0.597. The fourth-order valence-corrected chi connectivity index (χ4v) is 6.31. The Hall–Kier alpha value is -3.80. The highest BCUT2D eigenvalue weighted by atomic mass is 32.1. The third-order valence-corrected chi connectivity index (χ3v) is 9.63. The number of hydrogen-bond acceptors (Lipinski definition) is 8. The van der Waals surface area contributed by atoms with Crippen LogP contribution in [0.3, 0.4) is 0 Å². The number of ether oxygens (including phenoxy) is 2. The predicted molar refractivity (Wildman–Crippen MR) is 189 cm³/mol. The van der Waals surface area contributed by atoms with E-state index in [1.54, 1.807) is 23.7 Å². The molecule has 0 spiro atoms. The average Bonchev–Trinajstić information content (AvgIpc) is 3.63. The summed E-state index contributed by atoms with van der Waals surface area (Å²) < 4.78 is 11.0. The van der Waals surface area contributed by atoms with E-state index in [0.29, 0.717) is 51.9 Å². The van der Waals surface area contributed by atoms with Crippen molar-refractivity contribution in [2.45, 2.75) is 77.1 Å². The van der Waals surface area contributed by atoms with Crippen molar-refractivity contribution in [3.63, 3.8) is 0 Å². The lowest BCUT2D eigenvalue weighted by atomic mass is 9.86. The van der Waals surface area contributed by atoms with E-state index in [2.05, 4.69) is 44.8 Å². The van der Waals surface area contributed by atoms with E-state index < -0.39 is 12.1 Å². The molecule has 1 saturated heterocycles. The van der Waals surface area contributed by atoms with Gasteiger partial charge in [0.1, 0.15) is 6.61 Å². The second kappa shape index (κ2) is 19.9. The lowest BCUT2D eigenvalue weighted by molar-refractivity contribution is -0.122. The first-order valence-electron chi connectivity index (χ1n) is 17.0. The number of hydrogen-bond donors (Lipinski definition) is 2. The van der Waals surface area contributed by atoms with Gasteiger partial charge in [0.2, 0.25) is 0 Å². The number of Topliss-reactive ketones (excluding diaryl/α,β-unsaturated/α-hetero) is 1. The SMILES string of the molecule is CC(C)N(C)C(=O)NC(CCN1CCOCC1)C(=O)CC(CCC(Cc1ccccc1)NC(=O)OCc1cncs1)Cc1ccccc1. The zero-order valence-corrected chi connectivity index (χ0v) is 29.3. The van der Waals surface area contributed by atoms with Gasteiger partial charge in [-0.15, -0.1) is 11.3 Å². The minimum Gasteiger partial charge on any atom is -0.444 e. The van der Waals surface area contributed by atoms with Crippen LogP contribution in [-0.4, -0.2) is 90.7 Å². The molecule has 48 heavy (non-hydrogen) atoms. The van der Waals surface area contributed by atoms with Crippen LogP contribution < -0.4 is 10.6 Å². The Balaban J connectivity index is 1.46. The van der Waals surface area contributed by atoms with E-state index in [1.165, 1.54) is 11.3 Å². The van der Waals surface area contributed by atoms with Crippen molar-refractivity contribution in [2.75, 3.05) is 39.9 Å². The van der Waals surface area contributed by atoms with Crippen molar-refractivity contribution in [2.24, 2.45) is 5.92 Å². The van der Waals surface area contributed by atoms with Crippen LogP contribution in [0.4, 0.5) is 9.59 Å². The van der Waals surface area contributed by atoms with Crippen molar-refractivity contribution in [3.05, 3.63) is 88.4 Å². The standard InChI is InChI=1S/C37H51N5O5S/c1-28(2)41(3)36(44)40-34(16-17-42-18-20-46-21-19-42)35(43)24-31(22-29-10-6-4-7-11-29)14-15-32(23-30-12-8-5-9-13-30)39-37(45)47-26-33-25-38-27-48-33/h4-13,25,27-28,31-32,34H,14-24,26H2,1-3H3,(H,39,45)(H,40,44). The summed E-state index contributed by atoms with van der Waals surface area (Å²) in [4.78, 5) is 48.9. The van der Waals surface area contributed by atoms with Gasteiger partial charge < -0.3 is 25.0 Å². The number of ketones is 1. The van der Waals surface area contributed by atoms with E-state index in [1.807, 2.05) is 50.2 Å².